The van der Waals surface area contributed by atoms with E-state index in [0.29, 0.717) is 5.01 Å². The van der Waals surface area contributed by atoms with E-state index in [0.717, 1.165) is 43.6 Å². The highest BCUT2D eigenvalue weighted by atomic mass is 32.1. The van der Waals surface area contributed by atoms with Gasteiger partial charge in [-0.25, -0.2) is 9.78 Å². The molecule has 186 valence electrons. The molecule has 4 N–H and O–H groups in total. The Morgan fingerprint density at radius 3 is 2.48 bits per heavy atom. The number of hydrogen-bond acceptors (Lipinski definition) is 7. The number of hydrogen-bond donors (Lipinski definition) is 4. The van der Waals surface area contributed by atoms with Gasteiger partial charge < -0.3 is 20.8 Å². The first kappa shape index (κ1) is 27.2. The molecule has 0 spiro atoms. The summed E-state index contributed by atoms with van der Waals surface area (Å²) < 4.78 is 0. The zero-order valence-corrected chi connectivity index (χ0v) is 21.0. The van der Waals surface area contributed by atoms with Gasteiger partial charge in [0.25, 0.3) is 0 Å². The molecule has 5 atom stereocenters. The van der Waals surface area contributed by atoms with Crippen LogP contribution in [0.4, 0.5) is 0 Å². The molecule has 0 radical (unpaired) electrons. The Bertz CT molecular complexity index is 815. The van der Waals surface area contributed by atoms with Gasteiger partial charge in [-0.3, -0.25) is 14.5 Å². The van der Waals surface area contributed by atoms with E-state index in [9.17, 15) is 19.5 Å². The second-order valence-corrected chi connectivity index (χ2v) is 10.2. The number of aromatic carboxylic acids is 1. The number of nitrogens with zero attached hydrogens (tertiary/aromatic N) is 2. The molecule has 1 aromatic rings. The number of carbonyl (C=O) groups is 3. The van der Waals surface area contributed by atoms with E-state index in [1.54, 1.807) is 0 Å². The number of aliphatic hydroxyl groups excluding tert-OH is 1. The number of piperidine rings is 1. The minimum absolute atomic E-state index is 0.0141. The number of carbonyl (C=O) groups excluding carboxylic acids is 2. The first-order valence-electron chi connectivity index (χ1n) is 11.7. The third kappa shape index (κ3) is 7.48. The van der Waals surface area contributed by atoms with Gasteiger partial charge in [0.05, 0.1) is 6.04 Å². The van der Waals surface area contributed by atoms with Crippen LogP contribution >= 0.6 is 11.3 Å². The van der Waals surface area contributed by atoms with Gasteiger partial charge in [0.2, 0.25) is 11.8 Å². The molecule has 2 rings (SSSR count). The normalized spacial score (nSPS) is 20.6. The van der Waals surface area contributed by atoms with Crippen molar-refractivity contribution in [2.75, 3.05) is 13.6 Å². The Morgan fingerprint density at radius 2 is 1.94 bits per heavy atom. The minimum Gasteiger partial charge on any atom is -0.476 e. The number of aromatic nitrogens is 1. The Kier molecular flexibility index (Phi) is 10.2. The number of thiazole rings is 1. The van der Waals surface area contributed by atoms with Crippen molar-refractivity contribution in [1.82, 2.24) is 20.5 Å². The maximum atomic E-state index is 13.3. The zero-order valence-electron chi connectivity index (χ0n) is 20.2. The van der Waals surface area contributed by atoms with Gasteiger partial charge in [-0.05, 0) is 38.3 Å². The quantitative estimate of drug-likeness (QED) is 0.381. The fraction of sp³-hybridized carbons (Fsp3) is 0.739. The van der Waals surface area contributed by atoms with Gasteiger partial charge in [-0.15, -0.1) is 11.3 Å². The Labute approximate surface area is 200 Å². The SMILES string of the molecule is CCC(C)C(NC(=O)C1CCCCN1C)C(=O)NC(CC(O)c1nc(C(=O)O)cs1)C(C)C. The summed E-state index contributed by atoms with van der Waals surface area (Å²) in [5, 5.41) is 27.4. The standard InChI is InChI=1S/C23H38N4O5S/c1-6-14(4)19(26-20(29)17-9-7-8-10-27(17)5)21(30)24-15(13(2)3)11-18(28)22-25-16(12-33-22)23(31)32/h12-15,17-19,28H,6-11H2,1-5H3,(H,24,30)(H,26,29)(H,31,32). The lowest BCUT2D eigenvalue weighted by Crippen LogP contribution is -2.57. The average molecular weight is 483 g/mol. The monoisotopic (exact) mass is 482 g/mol. The van der Waals surface area contributed by atoms with Crippen molar-refractivity contribution in [2.45, 2.75) is 84.0 Å². The largest absolute Gasteiger partial charge is 0.476 e. The maximum absolute atomic E-state index is 13.3. The number of carboxylic acid groups (broad SMARTS) is 1. The molecule has 5 unspecified atom stereocenters. The molecule has 1 aliphatic rings. The molecule has 0 aromatic carbocycles. The van der Waals surface area contributed by atoms with Crippen LogP contribution in [0.3, 0.4) is 0 Å². The van der Waals surface area contributed by atoms with Gasteiger partial charge in [0.1, 0.15) is 17.2 Å². The van der Waals surface area contributed by atoms with Crippen LogP contribution < -0.4 is 10.6 Å². The predicted octanol–water partition coefficient (Wildman–Crippen LogP) is 2.42. The van der Waals surface area contributed by atoms with E-state index in [-0.39, 0.29) is 47.8 Å². The maximum Gasteiger partial charge on any atom is 0.355 e. The van der Waals surface area contributed by atoms with Crippen molar-refractivity contribution in [3.63, 3.8) is 0 Å². The number of amides is 2. The van der Waals surface area contributed by atoms with E-state index in [4.69, 9.17) is 5.11 Å². The molecule has 10 heteroatoms. The second kappa shape index (κ2) is 12.4. The molecule has 1 aliphatic heterocycles. The van der Waals surface area contributed by atoms with Gasteiger partial charge in [-0.1, -0.05) is 40.5 Å². The molecule has 33 heavy (non-hydrogen) atoms. The van der Waals surface area contributed by atoms with Crippen LogP contribution in [0.25, 0.3) is 0 Å². The highest BCUT2D eigenvalue weighted by Gasteiger charge is 2.33. The molecule has 1 aromatic heterocycles. The van der Waals surface area contributed by atoms with Crippen LogP contribution in [0.15, 0.2) is 5.38 Å². The van der Waals surface area contributed by atoms with E-state index in [1.807, 2.05) is 39.6 Å². The summed E-state index contributed by atoms with van der Waals surface area (Å²) in [6.45, 7) is 8.67. The van der Waals surface area contributed by atoms with Gasteiger partial charge >= 0.3 is 5.97 Å². The topological polar surface area (TPSA) is 132 Å². The molecule has 0 saturated carbocycles. The molecular formula is C23H38N4O5S. The Hall–Kier alpha value is -2.04. The van der Waals surface area contributed by atoms with E-state index < -0.39 is 18.1 Å². The molecular weight excluding hydrogens is 444 g/mol. The highest BCUT2D eigenvalue weighted by Crippen LogP contribution is 2.25. The number of aliphatic hydroxyl groups is 1. The van der Waals surface area contributed by atoms with Crippen LogP contribution in [0.2, 0.25) is 0 Å². The summed E-state index contributed by atoms with van der Waals surface area (Å²) in [7, 11) is 1.94. The van der Waals surface area contributed by atoms with Crippen molar-refractivity contribution in [1.29, 1.82) is 0 Å². The van der Waals surface area contributed by atoms with Crippen LogP contribution in [0.5, 0.6) is 0 Å². The summed E-state index contributed by atoms with van der Waals surface area (Å²) in [5.74, 6) is -1.58. The lowest BCUT2D eigenvalue weighted by atomic mass is 9.94. The molecule has 1 saturated heterocycles. The minimum atomic E-state index is -1.14. The van der Waals surface area contributed by atoms with Gasteiger partial charge in [0.15, 0.2) is 5.69 Å². The summed E-state index contributed by atoms with van der Waals surface area (Å²) in [6, 6.07) is -1.27. The third-order valence-corrected chi connectivity index (χ3v) is 7.45. The first-order chi connectivity index (χ1) is 15.5. The van der Waals surface area contributed by atoms with Crippen molar-refractivity contribution in [3.8, 4) is 0 Å². The van der Waals surface area contributed by atoms with Crippen LogP contribution in [0.1, 0.15) is 81.4 Å². The van der Waals surface area contributed by atoms with Crippen LogP contribution in [-0.4, -0.2) is 69.6 Å². The third-order valence-electron chi connectivity index (χ3n) is 6.50. The van der Waals surface area contributed by atoms with E-state index in [1.165, 1.54) is 5.38 Å². The number of likely N-dealkylation sites (tertiary alicyclic amines) is 1. The summed E-state index contributed by atoms with van der Waals surface area (Å²) in [4.78, 5) is 43.3. The van der Waals surface area contributed by atoms with Crippen molar-refractivity contribution < 1.29 is 24.6 Å². The predicted molar refractivity (Wildman–Crippen MR) is 127 cm³/mol. The summed E-state index contributed by atoms with van der Waals surface area (Å²) >= 11 is 1.08. The molecule has 2 amide bonds. The van der Waals surface area contributed by atoms with Crippen LogP contribution in [0, 0.1) is 11.8 Å². The highest BCUT2D eigenvalue weighted by molar-refractivity contribution is 7.09. The Morgan fingerprint density at radius 1 is 1.24 bits per heavy atom. The van der Waals surface area contributed by atoms with Crippen LogP contribution in [-0.2, 0) is 9.59 Å². The number of likely N-dealkylation sites (N-methyl/N-ethyl adjacent to an activating group) is 1. The molecule has 1 fully saturated rings. The average Bonchev–Trinajstić information content (AvgIpc) is 3.27. The van der Waals surface area contributed by atoms with Crippen molar-refractivity contribution in [3.05, 3.63) is 16.1 Å². The lowest BCUT2D eigenvalue weighted by Gasteiger charge is -2.34. The fourth-order valence-corrected chi connectivity index (χ4v) is 4.80. The zero-order chi connectivity index (χ0) is 24.7. The molecule has 9 nitrogen and oxygen atoms in total. The lowest BCUT2D eigenvalue weighted by molar-refractivity contribution is -0.134. The first-order valence-corrected chi connectivity index (χ1v) is 12.6. The van der Waals surface area contributed by atoms with E-state index >= 15 is 0 Å². The van der Waals surface area contributed by atoms with Crippen molar-refractivity contribution in [2.24, 2.45) is 11.8 Å². The number of carboxylic acids is 1. The molecule has 0 aliphatic carbocycles. The Balaban J connectivity index is 2.08. The number of rotatable bonds is 11. The summed E-state index contributed by atoms with van der Waals surface area (Å²) in [5.41, 5.74) is -0.105. The van der Waals surface area contributed by atoms with E-state index in [2.05, 4.69) is 15.6 Å². The molecule has 0 bridgehead atoms. The number of nitrogens with one attached hydrogen (secondary N) is 2. The second-order valence-electron chi connectivity index (χ2n) is 9.35. The van der Waals surface area contributed by atoms with Gasteiger partial charge in [0, 0.05) is 17.8 Å². The smallest absolute Gasteiger partial charge is 0.355 e. The molecule has 2 heterocycles. The van der Waals surface area contributed by atoms with Gasteiger partial charge in [-0.2, -0.15) is 0 Å². The summed E-state index contributed by atoms with van der Waals surface area (Å²) in [6.07, 6.45) is 2.78. The van der Waals surface area contributed by atoms with Crippen molar-refractivity contribution >= 4 is 29.1 Å². The fourth-order valence-electron chi connectivity index (χ4n) is 4.01.